The lowest BCUT2D eigenvalue weighted by atomic mass is 9.94. The number of aromatic nitrogens is 2. The van der Waals surface area contributed by atoms with E-state index < -0.39 is 0 Å². The largest absolute Gasteiger partial charge is 0.431 e. The van der Waals surface area contributed by atoms with Gasteiger partial charge in [-0.3, -0.25) is 14.7 Å². The maximum Gasteiger partial charge on any atom is 0.279 e. The summed E-state index contributed by atoms with van der Waals surface area (Å²) < 4.78 is 6.96. The normalized spacial score (nSPS) is 18.8. The maximum atomic E-state index is 12.8. The number of piperidine rings is 1. The van der Waals surface area contributed by atoms with Crippen molar-refractivity contribution >= 4 is 27.5 Å². The molecule has 1 amide bonds. The van der Waals surface area contributed by atoms with Gasteiger partial charge in [0.15, 0.2) is 0 Å². The fraction of sp³-hybridized carbons (Fsp3) is 0.458. The van der Waals surface area contributed by atoms with Gasteiger partial charge >= 0.3 is 0 Å². The van der Waals surface area contributed by atoms with Gasteiger partial charge in [-0.25, -0.2) is 4.98 Å². The van der Waals surface area contributed by atoms with Crippen LogP contribution in [0, 0.1) is 5.92 Å². The smallest absolute Gasteiger partial charge is 0.279 e. The second-order valence-corrected chi connectivity index (χ2v) is 9.74. The molecule has 2 aromatic heterocycles. The van der Waals surface area contributed by atoms with Gasteiger partial charge in [-0.15, -0.1) is 0 Å². The van der Waals surface area contributed by atoms with E-state index in [1.807, 2.05) is 24.4 Å². The molecule has 8 heteroatoms. The van der Waals surface area contributed by atoms with Crippen molar-refractivity contribution in [2.24, 2.45) is 5.92 Å². The lowest BCUT2D eigenvalue weighted by Crippen LogP contribution is -2.50. The lowest BCUT2D eigenvalue weighted by Gasteiger charge is -2.37. The van der Waals surface area contributed by atoms with E-state index in [-0.39, 0.29) is 5.92 Å². The van der Waals surface area contributed by atoms with Crippen molar-refractivity contribution in [1.82, 2.24) is 24.7 Å². The van der Waals surface area contributed by atoms with Gasteiger partial charge in [0.2, 0.25) is 5.91 Å². The predicted molar refractivity (Wildman–Crippen MR) is 126 cm³/mol. The van der Waals surface area contributed by atoms with Gasteiger partial charge < -0.3 is 14.5 Å². The number of carbonyl (C=O) groups excluding carboxylic acids is 1. The highest BCUT2D eigenvalue weighted by molar-refractivity contribution is 7.20. The molecule has 2 aliphatic heterocycles. The van der Waals surface area contributed by atoms with Gasteiger partial charge in [0, 0.05) is 51.0 Å². The van der Waals surface area contributed by atoms with E-state index >= 15 is 0 Å². The third-order valence-corrected chi connectivity index (χ3v) is 7.34. The SMILES string of the molecule is CN1CCN(C(=O)C2CCN(Cc3ccc(Oc4nc5ccncc5s4)cc3)CC2)CC1. The fourth-order valence-electron chi connectivity index (χ4n) is 4.45. The molecule has 0 aliphatic carbocycles. The van der Waals surface area contributed by atoms with Gasteiger partial charge in [-0.05, 0) is 56.7 Å². The number of ether oxygens (including phenoxy) is 1. The molecule has 0 spiro atoms. The van der Waals surface area contributed by atoms with Gasteiger partial charge in [0.1, 0.15) is 5.75 Å². The molecule has 2 saturated heterocycles. The van der Waals surface area contributed by atoms with Crippen molar-refractivity contribution in [3.05, 3.63) is 48.3 Å². The van der Waals surface area contributed by atoms with E-state index in [1.165, 1.54) is 16.9 Å². The van der Waals surface area contributed by atoms with Gasteiger partial charge in [-0.1, -0.05) is 23.5 Å². The summed E-state index contributed by atoms with van der Waals surface area (Å²) in [6.45, 7) is 6.57. The van der Waals surface area contributed by atoms with E-state index in [1.54, 1.807) is 6.20 Å². The summed E-state index contributed by atoms with van der Waals surface area (Å²) in [7, 11) is 2.12. The maximum absolute atomic E-state index is 12.8. The zero-order chi connectivity index (χ0) is 21.9. The zero-order valence-corrected chi connectivity index (χ0v) is 19.3. The van der Waals surface area contributed by atoms with Crippen LogP contribution in [-0.2, 0) is 11.3 Å². The molecule has 2 aliphatic rings. The van der Waals surface area contributed by atoms with Gasteiger partial charge in [0.25, 0.3) is 5.19 Å². The molecule has 7 nitrogen and oxygen atoms in total. The van der Waals surface area contributed by atoms with Gasteiger partial charge in [0.05, 0.1) is 10.2 Å². The topological polar surface area (TPSA) is 61.8 Å². The summed E-state index contributed by atoms with van der Waals surface area (Å²) in [5, 5.41) is 0.632. The first-order chi connectivity index (χ1) is 15.6. The second kappa shape index (κ2) is 9.52. The molecule has 0 saturated carbocycles. The number of fused-ring (bicyclic) bond motifs is 1. The van der Waals surface area contributed by atoms with Crippen LogP contribution in [0.5, 0.6) is 10.9 Å². The molecule has 0 N–H and O–H groups in total. The number of hydrogen-bond donors (Lipinski definition) is 0. The summed E-state index contributed by atoms with van der Waals surface area (Å²) in [6, 6.07) is 10.1. The van der Waals surface area contributed by atoms with Crippen molar-refractivity contribution in [3.8, 4) is 10.9 Å². The Labute approximate surface area is 192 Å². The Kier molecular flexibility index (Phi) is 6.34. The van der Waals surface area contributed by atoms with Crippen LogP contribution in [-0.4, -0.2) is 76.9 Å². The molecule has 168 valence electrons. The Morgan fingerprint density at radius 3 is 2.53 bits per heavy atom. The van der Waals surface area contributed by atoms with Crippen LogP contribution >= 0.6 is 11.3 Å². The number of hydrogen-bond acceptors (Lipinski definition) is 7. The van der Waals surface area contributed by atoms with Crippen molar-refractivity contribution in [2.75, 3.05) is 46.3 Å². The minimum absolute atomic E-state index is 0.189. The van der Waals surface area contributed by atoms with E-state index in [0.717, 1.165) is 74.6 Å². The van der Waals surface area contributed by atoms with Crippen LogP contribution in [0.15, 0.2) is 42.7 Å². The Bertz CT molecular complexity index is 1020. The number of likely N-dealkylation sites (tertiary alicyclic amines) is 1. The molecule has 2 fully saturated rings. The fourth-order valence-corrected chi connectivity index (χ4v) is 5.25. The number of nitrogens with zero attached hydrogens (tertiary/aromatic N) is 5. The number of amides is 1. The molecule has 4 heterocycles. The number of thiazole rings is 1. The number of carbonyl (C=O) groups is 1. The Morgan fingerprint density at radius 2 is 1.81 bits per heavy atom. The Balaban J connectivity index is 1.11. The number of rotatable bonds is 5. The highest BCUT2D eigenvalue weighted by Crippen LogP contribution is 2.31. The van der Waals surface area contributed by atoms with Crippen LogP contribution in [0.3, 0.4) is 0 Å². The third-order valence-electron chi connectivity index (χ3n) is 6.46. The van der Waals surface area contributed by atoms with E-state index in [4.69, 9.17) is 4.74 Å². The van der Waals surface area contributed by atoms with Crippen LogP contribution < -0.4 is 4.74 Å². The Morgan fingerprint density at radius 1 is 1.06 bits per heavy atom. The monoisotopic (exact) mass is 451 g/mol. The molecule has 3 aromatic rings. The molecular weight excluding hydrogens is 422 g/mol. The molecule has 0 bridgehead atoms. The predicted octanol–water partition coefficient (Wildman–Crippen LogP) is 3.47. The summed E-state index contributed by atoms with van der Waals surface area (Å²) in [5.74, 6) is 1.34. The number of likely N-dealkylation sites (N-methyl/N-ethyl adjacent to an activating group) is 1. The van der Waals surface area contributed by atoms with Crippen molar-refractivity contribution in [1.29, 1.82) is 0 Å². The Hall–Kier alpha value is -2.55. The first kappa shape index (κ1) is 21.3. The lowest BCUT2D eigenvalue weighted by molar-refractivity contribution is -0.138. The quantitative estimate of drug-likeness (QED) is 0.592. The number of piperazine rings is 1. The first-order valence-corrected chi connectivity index (χ1v) is 12.1. The molecule has 32 heavy (non-hydrogen) atoms. The number of pyridine rings is 1. The molecule has 0 radical (unpaired) electrons. The molecular formula is C24H29N5O2S. The molecule has 1 aromatic carbocycles. The minimum atomic E-state index is 0.189. The molecule has 0 atom stereocenters. The summed E-state index contributed by atoms with van der Waals surface area (Å²) in [4.78, 5) is 28.3. The summed E-state index contributed by atoms with van der Waals surface area (Å²) in [5.41, 5.74) is 2.17. The van der Waals surface area contributed by atoms with Gasteiger partial charge in [-0.2, -0.15) is 0 Å². The average molecular weight is 452 g/mol. The van der Waals surface area contributed by atoms with Crippen LogP contribution in [0.1, 0.15) is 18.4 Å². The first-order valence-electron chi connectivity index (χ1n) is 11.3. The van der Waals surface area contributed by atoms with Crippen LogP contribution in [0.25, 0.3) is 10.2 Å². The van der Waals surface area contributed by atoms with E-state index in [0.29, 0.717) is 11.1 Å². The molecule has 0 unspecified atom stereocenters. The van der Waals surface area contributed by atoms with E-state index in [9.17, 15) is 4.79 Å². The molecule has 5 rings (SSSR count). The van der Waals surface area contributed by atoms with Crippen molar-refractivity contribution in [3.63, 3.8) is 0 Å². The standard InChI is InChI=1S/C24H29N5O2S/c1-27-12-14-29(15-13-27)23(30)19-7-10-28(11-8-19)17-18-2-4-20(5-3-18)31-24-26-21-6-9-25-16-22(21)32-24/h2-6,9,16,19H,7-8,10-15,17H2,1H3. The van der Waals surface area contributed by atoms with Crippen LogP contribution in [0.4, 0.5) is 0 Å². The summed E-state index contributed by atoms with van der Waals surface area (Å²) in [6.07, 6.45) is 5.47. The summed E-state index contributed by atoms with van der Waals surface area (Å²) >= 11 is 1.50. The third kappa shape index (κ3) is 4.92. The zero-order valence-electron chi connectivity index (χ0n) is 18.4. The second-order valence-electron chi connectivity index (χ2n) is 8.75. The highest BCUT2D eigenvalue weighted by Gasteiger charge is 2.29. The minimum Gasteiger partial charge on any atom is -0.431 e. The van der Waals surface area contributed by atoms with Crippen molar-refractivity contribution in [2.45, 2.75) is 19.4 Å². The van der Waals surface area contributed by atoms with Crippen molar-refractivity contribution < 1.29 is 9.53 Å². The number of benzene rings is 1. The van der Waals surface area contributed by atoms with E-state index in [2.05, 4.69) is 43.8 Å². The van der Waals surface area contributed by atoms with Crippen LogP contribution in [0.2, 0.25) is 0 Å². The highest BCUT2D eigenvalue weighted by atomic mass is 32.1. The average Bonchev–Trinajstić information content (AvgIpc) is 3.23.